The first-order chi connectivity index (χ1) is 11.8. The normalized spacial score (nSPS) is 23.6. The fourth-order valence-corrected chi connectivity index (χ4v) is 3.29. The minimum Gasteiger partial charge on any atom is -0.376 e. The Hall–Kier alpha value is -2.21. The Bertz CT molecular complexity index is 670. The molecule has 2 aliphatic rings. The number of hydrogen-bond donors (Lipinski definition) is 0. The van der Waals surface area contributed by atoms with Gasteiger partial charge in [-0.25, -0.2) is 0 Å². The Morgan fingerprint density at radius 3 is 2.75 bits per heavy atom. The highest BCUT2D eigenvalue weighted by molar-refractivity contribution is 5.91. The zero-order valence-electron chi connectivity index (χ0n) is 13.5. The maximum Gasteiger partial charge on any atom is 0.292 e. The average Bonchev–Trinajstić information content (AvgIpc) is 3.12. The summed E-state index contributed by atoms with van der Waals surface area (Å²) < 4.78 is 11.2. The molecule has 2 fully saturated rings. The SMILES string of the molecule is O=C(c1ccno1)N1CC[C@@H](OCC2CC2)[C@H]1Cc1ccncc1. The molecular formula is C18H21N3O3. The molecule has 2 aromatic rings. The van der Waals surface area contributed by atoms with Crippen molar-refractivity contribution in [2.75, 3.05) is 13.2 Å². The minimum absolute atomic E-state index is 0.0174. The molecule has 0 spiro atoms. The van der Waals surface area contributed by atoms with Crippen molar-refractivity contribution in [2.45, 2.75) is 37.8 Å². The Morgan fingerprint density at radius 1 is 1.21 bits per heavy atom. The molecule has 6 heteroatoms. The number of amides is 1. The van der Waals surface area contributed by atoms with Crippen molar-refractivity contribution >= 4 is 5.91 Å². The quantitative estimate of drug-likeness (QED) is 0.814. The van der Waals surface area contributed by atoms with Crippen LogP contribution < -0.4 is 0 Å². The fraction of sp³-hybridized carbons (Fsp3) is 0.500. The van der Waals surface area contributed by atoms with Gasteiger partial charge in [-0.15, -0.1) is 0 Å². The van der Waals surface area contributed by atoms with Crippen LogP contribution in [0.1, 0.15) is 35.4 Å². The molecule has 1 saturated heterocycles. The molecule has 1 saturated carbocycles. The van der Waals surface area contributed by atoms with Gasteiger partial charge in [0.25, 0.3) is 5.91 Å². The average molecular weight is 327 g/mol. The summed E-state index contributed by atoms with van der Waals surface area (Å²) in [5.41, 5.74) is 1.16. The molecule has 2 atom stereocenters. The van der Waals surface area contributed by atoms with Gasteiger partial charge >= 0.3 is 0 Å². The summed E-state index contributed by atoms with van der Waals surface area (Å²) in [4.78, 5) is 18.7. The van der Waals surface area contributed by atoms with Gasteiger partial charge in [0.05, 0.1) is 18.3 Å². The number of likely N-dealkylation sites (tertiary alicyclic amines) is 1. The number of hydrogen-bond acceptors (Lipinski definition) is 5. The second kappa shape index (κ2) is 6.73. The summed E-state index contributed by atoms with van der Waals surface area (Å²) in [6, 6.07) is 5.62. The second-order valence-electron chi connectivity index (χ2n) is 6.61. The predicted molar refractivity (Wildman–Crippen MR) is 86.3 cm³/mol. The molecule has 0 aromatic carbocycles. The van der Waals surface area contributed by atoms with E-state index < -0.39 is 0 Å². The number of carbonyl (C=O) groups excluding carboxylic acids is 1. The van der Waals surface area contributed by atoms with Gasteiger partial charge in [-0.05, 0) is 49.3 Å². The van der Waals surface area contributed by atoms with E-state index in [1.54, 1.807) is 18.5 Å². The zero-order chi connectivity index (χ0) is 16.4. The van der Waals surface area contributed by atoms with Crippen molar-refractivity contribution < 1.29 is 14.1 Å². The van der Waals surface area contributed by atoms with E-state index in [0.717, 1.165) is 25.0 Å². The van der Waals surface area contributed by atoms with Crippen molar-refractivity contribution in [1.82, 2.24) is 15.0 Å². The van der Waals surface area contributed by atoms with Gasteiger partial charge in [0.15, 0.2) is 0 Å². The first-order valence-electron chi connectivity index (χ1n) is 8.53. The fourth-order valence-electron chi connectivity index (χ4n) is 3.29. The van der Waals surface area contributed by atoms with E-state index in [2.05, 4.69) is 10.1 Å². The third-order valence-corrected chi connectivity index (χ3v) is 4.83. The van der Waals surface area contributed by atoms with Crippen molar-refractivity contribution in [1.29, 1.82) is 0 Å². The summed E-state index contributed by atoms with van der Waals surface area (Å²) in [7, 11) is 0. The number of ether oxygens (including phenoxy) is 1. The van der Waals surface area contributed by atoms with Gasteiger partial charge in [-0.2, -0.15) is 0 Å². The van der Waals surface area contributed by atoms with Crippen LogP contribution in [0.25, 0.3) is 0 Å². The van der Waals surface area contributed by atoms with Crippen LogP contribution in [0.15, 0.2) is 41.3 Å². The van der Waals surface area contributed by atoms with Crippen LogP contribution in [-0.4, -0.2) is 46.2 Å². The molecule has 1 amide bonds. The predicted octanol–water partition coefficient (Wildman–Crippen LogP) is 2.32. The van der Waals surface area contributed by atoms with Crippen molar-refractivity contribution in [2.24, 2.45) is 5.92 Å². The lowest BCUT2D eigenvalue weighted by atomic mass is 10.0. The lowest BCUT2D eigenvalue weighted by molar-refractivity contribution is 0.0190. The van der Waals surface area contributed by atoms with E-state index in [1.807, 2.05) is 17.0 Å². The van der Waals surface area contributed by atoms with Crippen molar-refractivity contribution in [3.63, 3.8) is 0 Å². The van der Waals surface area contributed by atoms with E-state index in [9.17, 15) is 4.79 Å². The molecule has 1 aliphatic carbocycles. The van der Waals surface area contributed by atoms with Crippen LogP contribution in [0.2, 0.25) is 0 Å². The highest BCUT2D eigenvalue weighted by Gasteiger charge is 2.39. The van der Waals surface area contributed by atoms with Crippen LogP contribution >= 0.6 is 0 Å². The van der Waals surface area contributed by atoms with Crippen LogP contribution in [0.5, 0.6) is 0 Å². The van der Waals surface area contributed by atoms with Crippen molar-refractivity contribution in [3.8, 4) is 0 Å². The Labute approximate surface area is 140 Å². The largest absolute Gasteiger partial charge is 0.376 e. The van der Waals surface area contributed by atoms with Crippen LogP contribution in [0, 0.1) is 5.92 Å². The summed E-state index contributed by atoms with van der Waals surface area (Å²) in [6.45, 7) is 1.49. The number of rotatable bonds is 6. The molecule has 1 aliphatic heterocycles. The standard InChI is InChI=1S/C18H21N3O3/c22-18(17-5-9-20-24-17)21-10-6-16(23-12-14-1-2-14)15(21)11-13-3-7-19-8-4-13/h3-5,7-9,14-16H,1-2,6,10-12H2/t15-,16-/m1/s1. The number of pyridine rings is 1. The molecule has 24 heavy (non-hydrogen) atoms. The van der Waals surface area contributed by atoms with E-state index in [0.29, 0.717) is 12.5 Å². The molecule has 0 unspecified atom stereocenters. The van der Waals surface area contributed by atoms with Gasteiger partial charge in [0.1, 0.15) is 0 Å². The van der Waals surface area contributed by atoms with Gasteiger partial charge in [-0.3, -0.25) is 9.78 Å². The summed E-state index contributed by atoms with van der Waals surface area (Å²) in [5, 5.41) is 3.65. The lowest BCUT2D eigenvalue weighted by Crippen LogP contribution is -2.42. The van der Waals surface area contributed by atoms with E-state index in [-0.39, 0.29) is 23.8 Å². The number of aromatic nitrogens is 2. The number of nitrogens with zero attached hydrogens (tertiary/aromatic N) is 3. The third kappa shape index (κ3) is 3.33. The van der Waals surface area contributed by atoms with Gasteiger partial charge < -0.3 is 14.2 Å². The first kappa shape index (κ1) is 15.3. The van der Waals surface area contributed by atoms with Gasteiger partial charge in [0, 0.05) is 31.6 Å². The molecule has 0 N–H and O–H groups in total. The molecule has 3 heterocycles. The number of carbonyl (C=O) groups is 1. The summed E-state index contributed by atoms with van der Waals surface area (Å²) in [5.74, 6) is 0.896. The molecular weight excluding hydrogens is 306 g/mol. The van der Waals surface area contributed by atoms with Crippen molar-refractivity contribution in [3.05, 3.63) is 48.1 Å². The van der Waals surface area contributed by atoms with Crippen LogP contribution in [0.3, 0.4) is 0 Å². The van der Waals surface area contributed by atoms with E-state index >= 15 is 0 Å². The van der Waals surface area contributed by atoms with E-state index in [4.69, 9.17) is 9.26 Å². The molecule has 6 nitrogen and oxygen atoms in total. The summed E-state index contributed by atoms with van der Waals surface area (Å²) >= 11 is 0. The highest BCUT2D eigenvalue weighted by atomic mass is 16.5. The van der Waals surface area contributed by atoms with Crippen LogP contribution in [0.4, 0.5) is 0 Å². The highest BCUT2D eigenvalue weighted by Crippen LogP contribution is 2.32. The molecule has 0 bridgehead atoms. The third-order valence-electron chi connectivity index (χ3n) is 4.83. The minimum atomic E-state index is -0.107. The van der Waals surface area contributed by atoms with E-state index in [1.165, 1.54) is 19.0 Å². The topological polar surface area (TPSA) is 68.5 Å². The lowest BCUT2D eigenvalue weighted by Gasteiger charge is -2.27. The molecule has 126 valence electrons. The monoisotopic (exact) mass is 327 g/mol. The van der Waals surface area contributed by atoms with Gasteiger partial charge in [-0.1, -0.05) is 5.16 Å². The Balaban J connectivity index is 1.51. The maximum absolute atomic E-state index is 12.7. The zero-order valence-corrected chi connectivity index (χ0v) is 13.5. The Kier molecular flexibility index (Phi) is 4.30. The van der Waals surface area contributed by atoms with Gasteiger partial charge in [0.2, 0.25) is 5.76 Å². The molecule has 0 radical (unpaired) electrons. The smallest absolute Gasteiger partial charge is 0.292 e. The molecule has 4 rings (SSSR count). The summed E-state index contributed by atoms with van der Waals surface area (Å²) in [6.07, 6.45) is 9.30. The Morgan fingerprint density at radius 2 is 2.04 bits per heavy atom. The first-order valence-corrected chi connectivity index (χ1v) is 8.53. The van der Waals surface area contributed by atoms with Crippen LogP contribution in [-0.2, 0) is 11.2 Å². The second-order valence-corrected chi connectivity index (χ2v) is 6.61. The maximum atomic E-state index is 12.7. The molecule has 2 aromatic heterocycles.